The van der Waals surface area contributed by atoms with Crippen LogP contribution >= 0.6 is 0 Å². The van der Waals surface area contributed by atoms with Crippen molar-refractivity contribution in [1.29, 1.82) is 0 Å². The van der Waals surface area contributed by atoms with Gasteiger partial charge in [0.05, 0.1) is 11.8 Å². The molecular formula is C15H17FN2O2S. The summed E-state index contributed by atoms with van der Waals surface area (Å²) >= 11 is 0. The molecule has 2 aromatic rings. The van der Waals surface area contributed by atoms with Gasteiger partial charge in [0, 0.05) is 25.0 Å². The molecule has 0 saturated heterocycles. The Morgan fingerprint density at radius 3 is 2.57 bits per heavy atom. The zero-order chi connectivity index (χ0) is 15.0. The van der Waals surface area contributed by atoms with Crippen molar-refractivity contribution in [2.24, 2.45) is 0 Å². The summed E-state index contributed by atoms with van der Waals surface area (Å²) in [5, 5.41) is 0. The first-order valence-electron chi connectivity index (χ1n) is 6.93. The fourth-order valence-corrected chi connectivity index (χ4v) is 4.05. The molecule has 4 nitrogen and oxygen atoms in total. The van der Waals surface area contributed by atoms with Crippen LogP contribution in [-0.2, 0) is 16.6 Å². The average Bonchev–Trinajstić information content (AvgIpc) is 2.95. The fourth-order valence-electron chi connectivity index (χ4n) is 2.81. The second-order valence-electron chi connectivity index (χ2n) is 5.09. The number of aromatic nitrogens is 1. The third-order valence-corrected chi connectivity index (χ3v) is 5.74. The number of nitrogens with zero attached hydrogens (tertiary/aromatic N) is 2. The Labute approximate surface area is 123 Å². The topological polar surface area (TPSA) is 42.3 Å². The minimum atomic E-state index is -3.32. The van der Waals surface area contributed by atoms with E-state index in [2.05, 4.69) is 4.57 Å². The van der Waals surface area contributed by atoms with E-state index in [1.807, 2.05) is 18.3 Å². The molecule has 6 heteroatoms. The van der Waals surface area contributed by atoms with E-state index >= 15 is 0 Å². The number of rotatable bonds is 3. The SMILES string of the molecule is CCS(=O)(=O)N1CCn2cccc2C1c1ccc(F)cc1. The van der Waals surface area contributed by atoms with Gasteiger partial charge >= 0.3 is 0 Å². The quantitative estimate of drug-likeness (QED) is 0.873. The first kappa shape index (κ1) is 14.3. The van der Waals surface area contributed by atoms with Gasteiger partial charge in [-0.3, -0.25) is 0 Å². The molecule has 3 rings (SSSR count). The molecule has 1 atom stereocenters. The van der Waals surface area contributed by atoms with Crippen LogP contribution in [0.4, 0.5) is 4.39 Å². The minimum absolute atomic E-state index is 0.0609. The lowest BCUT2D eigenvalue weighted by molar-refractivity contribution is 0.298. The highest BCUT2D eigenvalue weighted by Gasteiger charge is 2.35. The zero-order valence-electron chi connectivity index (χ0n) is 11.7. The molecule has 1 aliphatic heterocycles. The first-order valence-corrected chi connectivity index (χ1v) is 8.54. The highest BCUT2D eigenvalue weighted by Crippen LogP contribution is 2.34. The van der Waals surface area contributed by atoms with Crippen molar-refractivity contribution in [2.45, 2.75) is 19.5 Å². The summed E-state index contributed by atoms with van der Waals surface area (Å²) < 4.78 is 41.5. The molecule has 0 fully saturated rings. The standard InChI is InChI=1S/C15H17FN2O2S/c1-2-21(19,20)18-11-10-17-9-3-4-14(17)15(18)12-5-7-13(16)8-6-12/h3-9,15H,2,10-11H2,1H3. The Morgan fingerprint density at radius 2 is 1.90 bits per heavy atom. The van der Waals surface area contributed by atoms with E-state index in [4.69, 9.17) is 0 Å². The Kier molecular flexibility index (Phi) is 3.59. The monoisotopic (exact) mass is 308 g/mol. The Hall–Kier alpha value is -1.66. The Balaban J connectivity index is 2.12. The van der Waals surface area contributed by atoms with Gasteiger partial charge in [-0.25, -0.2) is 12.8 Å². The van der Waals surface area contributed by atoms with E-state index in [1.54, 1.807) is 19.1 Å². The zero-order valence-corrected chi connectivity index (χ0v) is 12.6. The number of benzene rings is 1. The minimum Gasteiger partial charge on any atom is -0.348 e. The number of hydrogen-bond acceptors (Lipinski definition) is 2. The maximum atomic E-state index is 13.1. The molecule has 0 bridgehead atoms. The molecule has 21 heavy (non-hydrogen) atoms. The van der Waals surface area contributed by atoms with Crippen LogP contribution in [0.15, 0.2) is 42.6 Å². The van der Waals surface area contributed by atoms with Crippen molar-refractivity contribution >= 4 is 10.0 Å². The van der Waals surface area contributed by atoms with Crippen molar-refractivity contribution in [3.63, 3.8) is 0 Å². The second-order valence-corrected chi connectivity index (χ2v) is 7.30. The molecule has 1 aromatic heterocycles. The van der Waals surface area contributed by atoms with Crippen molar-refractivity contribution in [1.82, 2.24) is 8.87 Å². The van der Waals surface area contributed by atoms with Crippen molar-refractivity contribution in [3.05, 3.63) is 59.7 Å². The normalized spacial score (nSPS) is 19.4. The van der Waals surface area contributed by atoms with Gasteiger partial charge in [0.25, 0.3) is 0 Å². The molecule has 0 radical (unpaired) electrons. The van der Waals surface area contributed by atoms with Gasteiger partial charge in [-0.05, 0) is 36.8 Å². The number of fused-ring (bicyclic) bond motifs is 1. The lowest BCUT2D eigenvalue weighted by Crippen LogP contribution is -2.43. The third kappa shape index (κ3) is 2.49. The first-order chi connectivity index (χ1) is 10.0. The molecule has 0 amide bonds. The smallest absolute Gasteiger partial charge is 0.214 e. The lowest BCUT2D eigenvalue weighted by atomic mass is 10.0. The van der Waals surface area contributed by atoms with Gasteiger partial charge in [-0.15, -0.1) is 0 Å². The number of hydrogen-bond donors (Lipinski definition) is 0. The largest absolute Gasteiger partial charge is 0.348 e. The van der Waals surface area contributed by atoms with E-state index in [0.29, 0.717) is 13.1 Å². The van der Waals surface area contributed by atoms with Gasteiger partial charge in [-0.2, -0.15) is 4.31 Å². The summed E-state index contributed by atoms with van der Waals surface area (Å²) in [6.45, 7) is 2.71. The highest BCUT2D eigenvalue weighted by atomic mass is 32.2. The molecule has 2 heterocycles. The van der Waals surface area contributed by atoms with Crippen LogP contribution in [0.2, 0.25) is 0 Å². The lowest BCUT2D eigenvalue weighted by Gasteiger charge is -2.36. The molecule has 112 valence electrons. The van der Waals surface area contributed by atoms with Crippen LogP contribution in [-0.4, -0.2) is 29.6 Å². The maximum Gasteiger partial charge on any atom is 0.214 e. The number of sulfonamides is 1. The predicted molar refractivity (Wildman–Crippen MR) is 78.8 cm³/mol. The van der Waals surface area contributed by atoms with Crippen LogP contribution in [0.25, 0.3) is 0 Å². The molecule has 0 aliphatic carbocycles. The van der Waals surface area contributed by atoms with Gasteiger partial charge in [-0.1, -0.05) is 12.1 Å². The van der Waals surface area contributed by atoms with Gasteiger partial charge in [0.2, 0.25) is 10.0 Å². The highest BCUT2D eigenvalue weighted by molar-refractivity contribution is 7.89. The van der Waals surface area contributed by atoms with Crippen molar-refractivity contribution in [2.75, 3.05) is 12.3 Å². The Morgan fingerprint density at radius 1 is 1.19 bits per heavy atom. The van der Waals surface area contributed by atoms with Crippen molar-refractivity contribution in [3.8, 4) is 0 Å². The molecule has 0 spiro atoms. The van der Waals surface area contributed by atoms with E-state index in [-0.39, 0.29) is 17.6 Å². The molecule has 1 aliphatic rings. The maximum absolute atomic E-state index is 13.1. The summed E-state index contributed by atoms with van der Waals surface area (Å²) in [5.41, 5.74) is 1.71. The number of halogens is 1. The van der Waals surface area contributed by atoms with Crippen molar-refractivity contribution < 1.29 is 12.8 Å². The summed E-state index contributed by atoms with van der Waals surface area (Å²) in [5.74, 6) is -0.263. The summed E-state index contributed by atoms with van der Waals surface area (Å²) in [6.07, 6.45) is 1.95. The predicted octanol–water partition coefficient (Wildman–Crippen LogP) is 2.38. The summed E-state index contributed by atoms with van der Waals surface area (Å²) in [4.78, 5) is 0. The van der Waals surface area contributed by atoms with Gasteiger partial charge in [0.1, 0.15) is 5.82 Å². The molecular weight excluding hydrogens is 291 g/mol. The fraction of sp³-hybridized carbons (Fsp3) is 0.333. The van der Waals surface area contributed by atoms with Crippen LogP contribution in [0.3, 0.4) is 0 Å². The molecule has 1 aromatic carbocycles. The van der Waals surface area contributed by atoms with Gasteiger partial charge in [0.15, 0.2) is 0 Å². The van der Waals surface area contributed by atoms with E-state index in [0.717, 1.165) is 11.3 Å². The second kappa shape index (κ2) is 5.27. The molecule has 1 unspecified atom stereocenters. The van der Waals surface area contributed by atoms with Gasteiger partial charge < -0.3 is 4.57 Å². The average molecular weight is 308 g/mol. The van der Waals surface area contributed by atoms with Crippen LogP contribution in [0, 0.1) is 5.82 Å². The van der Waals surface area contributed by atoms with E-state index < -0.39 is 10.0 Å². The molecule has 0 N–H and O–H groups in total. The van der Waals surface area contributed by atoms with E-state index in [9.17, 15) is 12.8 Å². The van der Waals surface area contributed by atoms with Crippen LogP contribution < -0.4 is 0 Å². The van der Waals surface area contributed by atoms with Crippen LogP contribution in [0.5, 0.6) is 0 Å². The summed E-state index contributed by atoms with van der Waals surface area (Å²) in [6, 6.07) is 9.49. The summed E-state index contributed by atoms with van der Waals surface area (Å²) in [7, 11) is -3.32. The molecule has 0 saturated carbocycles. The Bertz CT molecular complexity index is 737. The van der Waals surface area contributed by atoms with Crippen LogP contribution in [0.1, 0.15) is 24.2 Å². The van der Waals surface area contributed by atoms with E-state index in [1.165, 1.54) is 16.4 Å². The third-order valence-electron chi connectivity index (χ3n) is 3.90.